The summed E-state index contributed by atoms with van der Waals surface area (Å²) in [7, 11) is 0. The summed E-state index contributed by atoms with van der Waals surface area (Å²) < 4.78 is 0. The minimum atomic E-state index is 0.252. The normalized spacial score (nSPS) is 23.6. The van der Waals surface area contributed by atoms with Crippen LogP contribution in [0.4, 0.5) is 0 Å². The fraction of sp³-hybridized carbons (Fsp3) is 0.667. The van der Waals surface area contributed by atoms with Crippen molar-refractivity contribution < 1.29 is 5.11 Å². The first kappa shape index (κ1) is 12.0. The number of likely N-dealkylation sites (tertiary alicyclic amines) is 1. The van der Waals surface area contributed by atoms with Crippen LogP contribution in [-0.4, -0.2) is 28.1 Å². The maximum absolute atomic E-state index is 9.23. The monoisotopic (exact) mass is 246 g/mol. The maximum Gasteiger partial charge on any atom is 0.133 e. The number of aromatic hydroxyl groups is 1. The summed E-state index contributed by atoms with van der Waals surface area (Å²) in [5, 5.41) is 9.23. The van der Waals surface area contributed by atoms with Gasteiger partial charge in [-0.2, -0.15) is 0 Å². The molecule has 1 saturated carbocycles. The van der Waals surface area contributed by atoms with E-state index in [-0.39, 0.29) is 5.75 Å². The van der Waals surface area contributed by atoms with Crippen molar-refractivity contribution in [1.82, 2.24) is 9.88 Å². The van der Waals surface area contributed by atoms with E-state index in [0.29, 0.717) is 5.41 Å². The van der Waals surface area contributed by atoms with E-state index in [1.165, 1.54) is 57.8 Å². The molecule has 1 aromatic rings. The molecule has 0 atom stereocenters. The summed E-state index contributed by atoms with van der Waals surface area (Å²) in [4.78, 5) is 6.77. The Morgan fingerprint density at radius 1 is 1.11 bits per heavy atom. The largest absolute Gasteiger partial charge is 0.506 e. The molecule has 3 rings (SSSR count). The third-order valence-corrected chi connectivity index (χ3v) is 4.78. The van der Waals surface area contributed by atoms with E-state index < -0.39 is 0 Å². The molecule has 1 spiro atoms. The number of hydrogen-bond acceptors (Lipinski definition) is 3. The van der Waals surface area contributed by atoms with Crippen molar-refractivity contribution in [1.29, 1.82) is 0 Å². The van der Waals surface area contributed by atoms with E-state index in [1.54, 1.807) is 6.07 Å². The Labute approximate surface area is 109 Å². The molecule has 0 unspecified atom stereocenters. The molecule has 1 N–H and O–H groups in total. The summed E-state index contributed by atoms with van der Waals surface area (Å²) in [6, 6.07) is 3.65. The van der Waals surface area contributed by atoms with Gasteiger partial charge in [-0.3, -0.25) is 9.88 Å². The van der Waals surface area contributed by atoms with Crippen LogP contribution in [0, 0.1) is 5.41 Å². The number of aromatic nitrogens is 1. The van der Waals surface area contributed by atoms with Gasteiger partial charge in [-0.25, -0.2) is 0 Å². The molecule has 2 aliphatic rings. The highest BCUT2D eigenvalue weighted by atomic mass is 16.3. The van der Waals surface area contributed by atoms with Crippen LogP contribution in [0.3, 0.4) is 0 Å². The molecule has 98 valence electrons. The van der Waals surface area contributed by atoms with Gasteiger partial charge in [-0.1, -0.05) is 12.8 Å². The fourth-order valence-electron chi connectivity index (χ4n) is 3.55. The molecule has 1 aliphatic heterocycles. The highest BCUT2D eigenvalue weighted by Crippen LogP contribution is 2.46. The Kier molecular flexibility index (Phi) is 3.25. The van der Waals surface area contributed by atoms with Crippen LogP contribution in [0.2, 0.25) is 0 Å². The Morgan fingerprint density at radius 2 is 1.83 bits per heavy atom. The third-order valence-electron chi connectivity index (χ3n) is 4.78. The fourth-order valence-corrected chi connectivity index (χ4v) is 3.55. The lowest BCUT2D eigenvalue weighted by Gasteiger charge is -2.39. The molecule has 2 fully saturated rings. The van der Waals surface area contributed by atoms with Crippen molar-refractivity contribution in [3.8, 4) is 5.75 Å². The molecule has 3 heteroatoms. The van der Waals surface area contributed by atoms with E-state index in [1.807, 2.05) is 6.07 Å². The lowest BCUT2D eigenvalue weighted by atomic mass is 9.77. The van der Waals surface area contributed by atoms with Gasteiger partial charge in [0.2, 0.25) is 0 Å². The third kappa shape index (κ3) is 2.51. The van der Waals surface area contributed by atoms with Crippen LogP contribution >= 0.6 is 0 Å². The molecule has 0 amide bonds. The Morgan fingerprint density at radius 3 is 2.44 bits per heavy atom. The van der Waals surface area contributed by atoms with Crippen LogP contribution < -0.4 is 0 Å². The standard InChI is InChI=1S/C15H22N2O/c18-14-4-3-13(16-11-14)12-17-9-7-15(8-10-17)5-1-2-6-15/h3-4,11,18H,1-2,5-10,12H2. The Bertz CT molecular complexity index is 385. The minimum absolute atomic E-state index is 0.252. The molecule has 18 heavy (non-hydrogen) atoms. The lowest BCUT2D eigenvalue weighted by Crippen LogP contribution is -2.38. The minimum Gasteiger partial charge on any atom is -0.506 e. The van der Waals surface area contributed by atoms with Crippen molar-refractivity contribution >= 4 is 0 Å². The first-order valence-electron chi connectivity index (χ1n) is 7.12. The molecular weight excluding hydrogens is 224 g/mol. The van der Waals surface area contributed by atoms with Gasteiger partial charge in [0, 0.05) is 6.54 Å². The predicted molar refractivity (Wildman–Crippen MR) is 71.3 cm³/mol. The zero-order valence-electron chi connectivity index (χ0n) is 10.9. The van der Waals surface area contributed by atoms with E-state index in [0.717, 1.165) is 12.2 Å². The molecule has 0 radical (unpaired) electrons. The highest BCUT2D eigenvalue weighted by molar-refractivity contribution is 5.17. The summed E-state index contributed by atoms with van der Waals surface area (Å²) in [5.74, 6) is 0.252. The van der Waals surface area contributed by atoms with Crippen LogP contribution in [0.1, 0.15) is 44.2 Å². The quantitative estimate of drug-likeness (QED) is 0.871. The van der Waals surface area contributed by atoms with E-state index in [4.69, 9.17) is 0 Å². The molecular formula is C15H22N2O. The summed E-state index contributed by atoms with van der Waals surface area (Å²) in [5.41, 5.74) is 1.76. The van der Waals surface area contributed by atoms with Crippen LogP contribution in [0.15, 0.2) is 18.3 Å². The second-order valence-electron chi connectivity index (χ2n) is 5.99. The molecule has 1 saturated heterocycles. The van der Waals surface area contributed by atoms with Gasteiger partial charge in [-0.05, 0) is 56.3 Å². The zero-order chi connectivity index (χ0) is 12.4. The van der Waals surface area contributed by atoms with Gasteiger partial charge >= 0.3 is 0 Å². The average molecular weight is 246 g/mol. The first-order chi connectivity index (χ1) is 8.76. The number of rotatable bonds is 2. The molecule has 2 heterocycles. The van der Waals surface area contributed by atoms with Gasteiger partial charge in [0.15, 0.2) is 0 Å². The van der Waals surface area contributed by atoms with Gasteiger partial charge in [0.1, 0.15) is 5.75 Å². The SMILES string of the molecule is Oc1ccc(CN2CCC3(CCCC3)CC2)nc1. The van der Waals surface area contributed by atoms with Crippen LogP contribution in [-0.2, 0) is 6.54 Å². The van der Waals surface area contributed by atoms with E-state index in [2.05, 4.69) is 9.88 Å². The molecule has 1 aliphatic carbocycles. The van der Waals surface area contributed by atoms with Gasteiger partial charge in [0.05, 0.1) is 11.9 Å². The Balaban J connectivity index is 1.55. The zero-order valence-corrected chi connectivity index (χ0v) is 10.9. The Hall–Kier alpha value is -1.09. The predicted octanol–water partition coefficient (Wildman–Crippen LogP) is 2.94. The van der Waals surface area contributed by atoms with E-state index >= 15 is 0 Å². The van der Waals surface area contributed by atoms with Crippen molar-refractivity contribution in [2.75, 3.05) is 13.1 Å². The number of hydrogen-bond donors (Lipinski definition) is 1. The smallest absolute Gasteiger partial charge is 0.133 e. The van der Waals surface area contributed by atoms with Gasteiger partial charge < -0.3 is 5.11 Å². The molecule has 1 aromatic heterocycles. The second-order valence-corrected chi connectivity index (χ2v) is 5.99. The topological polar surface area (TPSA) is 36.4 Å². The van der Waals surface area contributed by atoms with Crippen LogP contribution in [0.5, 0.6) is 5.75 Å². The maximum atomic E-state index is 9.23. The van der Waals surface area contributed by atoms with Gasteiger partial charge in [0.25, 0.3) is 0 Å². The first-order valence-corrected chi connectivity index (χ1v) is 7.12. The van der Waals surface area contributed by atoms with Gasteiger partial charge in [-0.15, -0.1) is 0 Å². The van der Waals surface area contributed by atoms with Crippen molar-refractivity contribution in [3.05, 3.63) is 24.0 Å². The van der Waals surface area contributed by atoms with Crippen molar-refractivity contribution in [3.63, 3.8) is 0 Å². The van der Waals surface area contributed by atoms with Crippen molar-refractivity contribution in [2.45, 2.75) is 45.1 Å². The molecule has 0 aromatic carbocycles. The van der Waals surface area contributed by atoms with E-state index in [9.17, 15) is 5.11 Å². The number of nitrogens with zero attached hydrogens (tertiary/aromatic N) is 2. The van der Waals surface area contributed by atoms with Crippen LogP contribution in [0.25, 0.3) is 0 Å². The molecule has 3 nitrogen and oxygen atoms in total. The second kappa shape index (κ2) is 4.88. The summed E-state index contributed by atoms with van der Waals surface area (Å²) in [6.07, 6.45) is 10.1. The number of pyridine rings is 1. The lowest BCUT2D eigenvalue weighted by molar-refractivity contribution is 0.103. The highest BCUT2D eigenvalue weighted by Gasteiger charge is 2.36. The summed E-state index contributed by atoms with van der Waals surface area (Å²) >= 11 is 0. The molecule has 0 bridgehead atoms. The average Bonchev–Trinajstić information content (AvgIpc) is 2.84. The number of piperidine rings is 1. The van der Waals surface area contributed by atoms with Crippen molar-refractivity contribution in [2.24, 2.45) is 5.41 Å². The summed E-state index contributed by atoms with van der Waals surface area (Å²) in [6.45, 7) is 3.35.